The molecule has 0 saturated heterocycles. The standard InChI is InChI=1S/C21H21ClFNO3/c22-17-9-7-16(8-10-17)12-24(14-19-4-3-11-26-19)13-18(25)15-27-21-6-2-1-5-20(21)23/h1-11,18,25H,12-15H2. The zero-order valence-corrected chi connectivity index (χ0v) is 15.5. The molecule has 2 aromatic carbocycles. The Morgan fingerprint density at radius 2 is 1.81 bits per heavy atom. The second kappa shape index (κ2) is 9.55. The summed E-state index contributed by atoms with van der Waals surface area (Å²) >= 11 is 5.94. The molecule has 27 heavy (non-hydrogen) atoms. The van der Waals surface area contributed by atoms with Crippen LogP contribution >= 0.6 is 11.6 Å². The van der Waals surface area contributed by atoms with Crippen molar-refractivity contribution in [2.45, 2.75) is 19.2 Å². The lowest BCUT2D eigenvalue weighted by Gasteiger charge is -2.24. The number of hydrogen-bond donors (Lipinski definition) is 1. The number of ether oxygens (including phenoxy) is 1. The summed E-state index contributed by atoms with van der Waals surface area (Å²) < 4.78 is 24.5. The summed E-state index contributed by atoms with van der Waals surface area (Å²) in [6, 6.07) is 17.4. The van der Waals surface area contributed by atoms with Crippen molar-refractivity contribution in [2.75, 3.05) is 13.2 Å². The third kappa shape index (κ3) is 6.10. The van der Waals surface area contributed by atoms with E-state index in [0.29, 0.717) is 24.7 Å². The van der Waals surface area contributed by atoms with Crippen LogP contribution in [0.2, 0.25) is 5.02 Å². The highest BCUT2D eigenvalue weighted by atomic mass is 35.5. The summed E-state index contributed by atoms with van der Waals surface area (Å²) in [6.45, 7) is 1.48. The number of para-hydroxylation sites is 1. The van der Waals surface area contributed by atoms with Gasteiger partial charge < -0.3 is 14.3 Å². The van der Waals surface area contributed by atoms with E-state index in [1.807, 2.05) is 41.3 Å². The molecule has 3 aromatic rings. The van der Waals surface area contributed by atoms with Crippen LogP contribution in [0.15, 0.2) is 71.3 Å². The Kier molecular flexibility index (Phi) is 6.87. The minimum atomic E-state index is -0.785. The first-order chi connectivity index (χ1) is 13.1. The minimum Gasteiger partial charge on any atom is -0.488 e. The van der Waals surface area contributed by atoms with Gasteiger partial charge >= 0.3 is 0 Å². The van der Waals surface area contributed by atoms with Gasteiger partial charge in [0.15, 0.2) is 11.6 Å². The maximum absolute atomic E-state index is 13.6. The quantitative estimate of drug-likeness (QED) is 0.584. The van der Waals surface area contributed by atoms with Gasteiger partial charge in [-0.2, -0.15) is 0 Å². The van der Waals surface area contributed by atoms with Crippen LogP contribution in [-0.4, -0.2) is 29.3 Å². The third-order valence-electron chi connectivity index (χ3n) is 4.02. The molecule has 4 nitrogen and oxygen atoms in total. The van der Waals surface area contributed by atoms with Gasteiger partial charge in [0.25, 0.3) is 0 Å². The lowest BCUT2D eigenvalue weighted by atomic mass is 10.2. The normalized spacial score (nSPS) is 12.3. The van der Waals surface area contributed by atoms with E-state index in [2.05, 4.69) is 0 Å². The molecular weight excluding hydrogens is 369 g/mol. The van der Waals surface area contributed by atoms with Gasteiger partial charge in [0.05, 0.1) is 12.8 Å². The molecule has 0 aliphatic carbocycles. The SMILES string of the molecule is OC(COc1ccccc1F)CN(Cc1ccc(Cl)cc1)Cc1ccco1. The van der Waals surface area contributed by atoms with E-state index in [1.165, 1.54) is 12.1 Å². The van der Waals surface area contributed by atoms with Crippen molar-refractivity contribution < 1.29 is 18.7 Å². The summed E-state index contributed by atoms with van der Waals surface area (Å²) in [5, 5.41) is 11.1. The molecule has 0 fully saturated rings. The van der Waals surface area contributed by atoms with Crippen molar-refractivity contribution >= 4 is 11.6 Å². The molecule has 0 saturated carbocycles. The molecular formula is C21H21ClFNO3. The fourth-order valence-corrected chi connectivity index (χ4v) is 2.88. The molecule has 0 spiro atoms. The van der Waals surface area contributed by atoms with Gasteiger partial charge in [0.1, 0.15) is 18.5 Å². The number of aliphatic hydroxyl groups excluding tert-OH is 1. The summed E-state index contributed by atoms with van der Waals surface area (Å²) in [5.41, 5.74) is 1.06. The van der Waals surface area contributed by atoms with Gasteiger partial charge in [-0.1, -0.05) is 35.9 Å². The Bertz CT molecular complexity index is 824. The zero-order chi connectivity index (χ0) is 19.1. The van der Waals surface area contributed by atoms with Crippen molar-refractivity contribution in [2.24, 2.45) is 0 Å². The first kappa shape index (κ1) is 19.4. The van der Waals surface area contributed by atoms with Gasteiger partial charge in [-0.3, -0.25) is 4.90 Å². The van der Waals surface area contributed by atoms with E-state index in [0.717, 1.165) is 11.3 Å². The summed E-state index contributed by atoms with van der Waals surface area (Å²) in [5.74, 6) is 0.483. The fourth-order valence-electron chi connectivity index (χ4n) is 2.75. The van der Waals surface area contributed by atoms with E-state index in [1.54, 1.807) is 18.4 Å². The Balaban J connectivity index is 1.61. The van der Waals surface area contributed by atoms with Crippen molar-refractivity contribution in [1.82, 2.24) is 4.90 Å². The predicted molar refractivity (Wildman–Crippen MR) is 102 cm³/mol. The molecule has 0 aliphatic heterocycles. The van der Waals surface area contributed by atoms with Gasteiger partial charge in [0, 0.05) is 18.1 Å². The summed E-state index contributed by atoms with van der Waals surface area (Å²) in [6.07, 6.45) is 0.833. The third-order valence-corrected chi connectivity index (χ3v) is 4.27. The van der Waals surface area contributed by atoms with E-state index in [-0.39, 0.29) is 12.4 Å². The lowest BCUT2D eigenvalue weighted by Crippen LogP contribution is -2.35. The summed E-state index contributed by atoms with van der Waals surface area (Å²) in [7, 11) is 0. The van der Waals surface area contributed by atoms with E-state index < -0.39 is 11.9 Å². The average molecular weight is 390 g/mol. The monoisotopic (exact) mass is 389 g/mol. The number of halogens is 2. The van der Waals surface area contributed by atoms with Crippen molar-refractivity contribution in [3.8, 4) is 5.75 Å². The van der Waals surface area contributed by atoms with Crippen LogP contribution in [-0.2, 0) is 13.1 Å². The second-order valence-corrected chi connectivity index (χ2v) is 6.71. The Hall–Kier alpha value is -2.34. The van der Waals surface area contributed by atoms with Crippen LogP contribution < -0.4 is 4.74 Å². The Morgan fingerprint density at radius 1 is 1.04 bits per heavy atom. The minimum absolute atomic E-state index is 0.00376. The van der Waals surface area contributed by atoms with Crippen LogP contribution in [0.3, 0.4) is 0 Å². The molecule has 0 radical (unpaired) electrons. The first-order valence-corrected chi connectivity index (χ1v) is 9.02. The Labute approximate surface area is 162 Å². The largest absolute Gasteiger partial charge is 0.488 e. The van der Waals surface area contributed by atoms with Crippen LogP contribution in [0.25, 0.3) is 0 Å². The molecule has 0 bridgehead atoms. The number of furan rings is 1. The topological polar surface area (TPSA) is 45.8 Å². The number of benzene rings is 2. The lowest BCUT2D eigenvalue weighted by molar-refractivity contribution is 0.0592. The molecule has 1 heterocycles. The maximum Gasteiger partial charge on any atom is 0.165 e. The molecule has 142 valence electrons. The van der Waals surface area contributed by atoms with E-state index in [9.17, 15) is 9.50 Å². The highest BCUT2D eigenvalue weighted by molar-refractivity contribution is 6.30. The summed E-state index contributed by atoms with van der Waals surface area (Å²) in [4.78, 5) is 2.04. The van der Waals surface area contributed by atoms with E-state index >= 15 is 0 Å². The van der Waals surface area contributed by atoms with Gasteiger partial charge in [0.2, 0.25) is 0 Å². The van der Waals surface area contributed by atoms with Crippen LogP contribution in [0.4, 0.5) is 4.39 Å². The fraction of sp³-hybridized carbons (Fsp3) is 0.238. The molecule has 3 rings (SSSR count). The molecule has 1 atom stereocenters. The molecule has 1 aromatic heterocycles. The predicted octanol–water partition coefficient (Wildman–Crippen LogP) is 4.51. The molecule has 0 amide bonds. The van der Waals surface area contributed by atoms with Gasteiger partial charge in [-0.25, -0.2) is 4.39 Å². The van der Waals surface area contributed by atoms with Gasteiger partial charge in [-0.15, -0.1) is 0 Å². The molecule has 6 heteroatoms. The van der Waals surface area contributed by atoms with Crippen LogP contribution in [0.1, 0.15) is 11.3 Å². The van der Waals surface area contributed by atoms with Crippen molar-refractivity contribution in [3.05, 3.63) is 89.1 Å². The van der Waals surface area contributed by atoms with Crippen LogP contribution in [0.5, 0.6) is 5.75 Å². The first-order valence-electron chi connectivity index (χ1n) is 8.65. The molecule has 1 unspecified atom stereocenters. The number of hydrogen-bond acceptors (Lipinski definition) is 4. The van der Waals surface area contributed by atoms with Crippen molar-refractivity contribution in [3.63, 3.8) is 0 Å². The highest BCUT2D eigenvalue weighted by Gasteiger charge is 2.16. The smallest absolute Gasteiger partial charge is 0.165 e. The molecule has 0 aliphatic rings. The number of rotatable bonds is 9. The number of aliphatic hydroxyl groups is 1. The zero-order valence-electron chi connectivity index (χ0n) is 14.7. The average Bonchev–Trinajstić information content (AvgIpc) is 3.16. The number of nitrogens with zero attached hydrogens (tertiary/aromatic N) is 1. The van der Waals surface area contributed by atoms with Crippen molar-refractivity contribution in [1.29, 1.82) is 0 Å². The maximum atomic E-state index is 13.6. The highest BCUT2D eigenvalue weighted by Crippen LogP contribution is 2.17. The second-order valence-electron chi connectivity index (χ2n) is 6.27. The van der Waals surface area contributed by atoms with E-state index in [4.69, 9.17) is 20.8 Å². The van der Waals surface area contributed by atoms with Crippen LogP contribution in [0, 0.1) is 5.82 Å². The molecule has 1 N–H and O–H groups in total. The Morgan fingerprint density at radius 3 is 2.52 bits per heavy atom. The van der Waals surface area contributed by atoms with Gasteiger partial charge in [-0.05, 0) is 42.0 Å².